The lowest BCUT2D eigenvalue weighted by Gasteiger charge is -2.27. The van der Waals surface area contributed by atoms with Crippen molar-refractivity contribution in [3.05, 3.63) is 42.1 Å². The smallest absolute Gasteiger partial charge is 0.0702 e. The first-order valence-corrected chi connectivity index (χ1v) is 7.00. The minimum atomic E-state index is 0.233. The second kappa shape index (κ2) is 7.33. The number of fused-ring (bicyclic) bond motifs is 1. The number of aromatic nitrogens is 1. The second-order valence-electron chi connectivity index (χ2n) is 5.03. The van der Waals surface area contributed by atoms with Crippen LogP contribution in [0.4, 0.5) is 0 Å². The normalized spacial score (nSPS) is 13.0. The molecule has 0 amide bonds. The summed E-state index contributed by atoms with van der Waals surface area (Å²) in [4.78, 5) is 6.64. The van der Waals surface area contributed by atoms with E-state index in [1.807, 2.05) is 12.3 Å². The molecule has 0 bridgehead atoms. The molecule has 0 aliphatic heterocycles. The minimum Gasteiger partial charge on any atom is -0.385 e. The third kappa shape index (κ3) is 3.54. The highest BCUT2D eigenvalue weighted by Gasteiger charge is 2.15. The number of benzene rings is 1. The lowest BCUT2D eigenvalue weighted by atomic mass is 10.0. The highest BCUT2D eigenvalue weighted by molar-refractivity contribution is 5.79. The monoisotopic (exact) mass is 273 g/mol. The van der Waals surface area contributed by atoms with E-state index in [2.05, 4.69) is 41.2 Å². The summed E-state index contributed by atoms with van der Waals surface area (Å²) in [6.45, 7) is 2.36. The van der Waals surface area contributed by atoms with Crippen molar-refractivity contribution in [2.24, 2.45) is 5.73 Å². The van der Waals surface area contributed by atoms with E-state index in [1.54, 1.807) is 7.11 Å². The van der Waals surface area contributed by atoms with Crippen LogP contribution in [0.25, 0.3) is 10.9 Å². The summed E-state index contributed by atoms with van der Waals surface area (Å²) in [5.74, 6) is 0. The van der Waals surface area contributed by atoms with Gasteiger partial charge in [-0.05, 0) is 37.2 Å². The molecule has 1 unspecified atom stereocenters. The molecule has 1 heterocycles. The van der Waals surface area contributed by atoms with E-state index in [9.17, 15) is 0 Å². The fourth-order valence-corrected chi connectivity index (χ4v) is 2.49. The first-order valence-electron chi connectivity index (χ1n) is 7.00. The predicted molar refractivity (Wildman–Crippen MR) is 82.7 cm³/mol. The van der Waals surface area contributed by atoms with Crippen LogP contribution in [0.5, 0.6) is 0 Å². The number of ether oxygens (including phenoxy) is 1. The summed E-state index contributed by atoms with van der Waals surface area (Å²) in [5, 5.41) is 1.16. The van der Waals surface area contributed by atoms with Crippen molar-refractivity contribution in [1.29, 1.82) is 0 Å². The molecule has 0 saturated heterocycles. The highest BCUT2D eigenvalue weighted by Crippen LogP contribution is 2.22. The Kier molecular flexibility index (Phi) is 5.47. The lowest BCUT2D eigenvalue weighted by molar-refractivity contribution is 0.166. The number of rotatable bonds is 7. The van der Waals surface area contributed by atoms with Crippen LogP contribution in [-0.4, -0.2) is 43.7 Å². The van der Waals surface area contributed by atoms with E-state index in [0.717, 1.165) is 30.5 Å². The van der Waals surface area contributed by atoms with Crippen molar-refractivity contribution < 1.29 is 4.74 Å². The van der Waals surface area contributed by atoms with Crippen LogP contribution in [0.1, 0.15) is 18.0 Å². The molecule has 2 aromatic rings. The number of hydrogen-bond acceptors (Lipinski definition) is 4. The van der Waals surface area contributed by atoms with Crippen LogP contribution in [0.2, 0.25) is 0 Å². The van der Waals surface area contributed by atoms with Crippen LogP contribution < -0.4 is 5.73 Å². The average Bonchev–Trinajstić information content (AvgIpc) is 2.48. The number of pyridine rings is 1. The third-order valence-electron chi connectivity index (χ3n) is 3.63. The van der Waals surface area contributed by atoms with Crippen molar-refractivity contribution in [3.63, 3.8) is 0 Å². The molecule has 1 aromatic carbocycles. The van der Waals surface area contributed by atoms with Gasteiger partial charge in [0, 0.05) is 44.4 Å². The summed E-state index contributed by atoms with van der Waals surface area (Å²) in [5.41, 5.74) is 8.23. The van der Waals surface area contributed by atoms with Crippen LogP contribution in [0, 0.1) is 0 Å². The molecule has 2 rings (SSSR count). The van der Waals surface area contributed by atoms with Gasteiger partial charge in [0.1, 0.15) is 0 Å². The molecular weight excluding hydrogens is 250 g/mol. The van der Waals surface area contributed by atoms with E-state index in [-0.39, 0.29) is 6.04 Å². The quantitative estimate of drug-likeness (QED) is 0.786. The molecule has 4 heteroatoms. The van der Waals surface area contributed by atoms with Gasteiger partial charge in [-0.25, -0.2) is 0 Å². The summed E-state index contributed by atoms with van der Waals surface area (Å²) in [6, 6.07) is 10.7. The predicted octanol–water partition coefficient (Wildman–Crippen LogP) is 2.20. The van der Waals surface area contributed by atoms with E-state index in [4.69, 9.17) is 10.5 Å². The molecule has 2 N–H and O–H groups in total. The van der Waals surface area contributed by atoms with Crippen molar-refractivity contribution in [2.75, 3.05) is 33.9 Å². The van der Waals surface area contributed by atoms with Crippen LogP contribution >= 0.6 is 0 Å². The Morgan fingerprint density at radius 3 is 2.95 bits per heavy atom. The summed E-state index contributed by atoms with van der Waals surface area (Å²) < 4.78 is 5.10. The Labute approximate surface area is 120 Å². The zero-order valence-electron chi connectivity index (χ0n) is 12.2. The minimum absolute atomic E-state index is 0.233. The molecule has 0 saturated carbocycles. The third-order valence-corrected chi connectivity index (χ3v) is 3.63. The highest BCUT2D eigenvalue weighted by atomic mass is 16.5. The molecule has 0 radical (unpaired) electrons. The molecule has 0 aliphatic carbocycles. The SMILES string of the molecule is COCCCN(C)C(CN)c1ccc2ncccc2c1. The fraction of sp³-hybridized carbons (Fsp3) is 0.438. The largest absolute Gasteiger partial charge is 0.385 e. The Morgan fingerprint density at radius 1 is 1.35 bits per heavy atom. The maximum Gasteiger partial charge on any atom is 0.0702 e. The fourth-order valence-electron chi connectivity index (χ4n) is 2.49. The van der Waals surface area contributed by atoms with Gasteiger partial charge < -0.3 is 10.5 Å². The van der Waals surface area contributed by atoms with Gasteiger partial charge in [0.05, 0.1) is 5.52 Å². The van der Waals surface area contributed by atoms with Gasteiger partial charge in [-0.2, -0.15) is 0 Å². The van der Waals surface area contributed by atoms with Crippen molar-refractivity contribution in [1.82, 2.24) is 9.88 Å². The van der Waals surface area contributed by atoms with Gasteiger partial charge in [-0.15, -0.1) is 0 Å². The molecule has 20 heavy (non-hydrogen) atoms. The molecule has 1 atom stereocenters. The number of nitrogens with zero attached hydrogens (tertiary/aromatic N) is 2. The first kappa shape index (κ1) is 14.9. The summed E-state index contributed by atoms with van der Waals surface area (Å²) in [6.07, 6.45) is 2.83. The number of nitrogens with two attached hydrogens (primary N) is 1. The molecule has 1 aromatic heterocycles. The molecular formula is C16H23N3O. The van der Waals surface area contributed by atoms with Crippen LogP contribution in [0.3, 0.4) is 0 Å². The molecule has 0 aliphatic rings. The van der Waals surface area contributed by atoms with Crippen molar-refractivity contribution in [3.8, 4) is 0 Å². The van der Waals surface area contributed by atoms with Gasteiger partial charge in [0.15, 0.2) is 0 Å². The van der Waals surface area contributed by atoms with E-state index in [1.165, 1.54) is 5.56 Å². The molecule has 0 fully saturated rings. The molecule has 108 valence electrons. The van der Waals surface area contributed by atoms with E-state index < -0.39 is 0 Å². The van der Waals surface area contributed by atoms with E-state index >= 15 is 0 Å². The first-order chi connectivity index (χ1) is 9.76. The van der Waals surface area contributed by atoms with Gasteiger partial charge in [0.25, 0.3) is 0 Å². The summed E-state index contributed by atoms with van der Waals surface area (Å²) in [7, 11) is 3.84. The lowest BCUT2D eigenvalue weighted by Crippen LogP contribution is -2.31. The van der Waals surface area contributed by atoms with Crippen LogP contribution in [0.15, 0.2) is 36.5 Å². The Bertz CT molecular complexity index is 544. The van der Waals surface area contributed by atoms with Crippen LogP contribution in [-0.2, 0) is 4.74 Å². The van der Waals surface area contributed by atoms with Crippen molar-refractivity contribution >= 4 is 10.9 Å². The molecule has 0 spiro atoms. The Balaban J connectivity index is 2.16. The second-order valence-corrected chi connectivity index (χ2v) is 5.03. The molecule has 4 nitrogen and oxygen atoms in total. The van der Waals surface area contributed by atoms with Gasteiger partial charge >= 0.3 is 0 Å². The van der Waals surface area contributed by atoms with Gasteiger partial charge in [-0.3, -0.25) is 9.88 Å². The topological polar surface area (TPSA) is 51.4 Å². The van der Waals surface area contributed by atoms with Gasteiger partial charge in [-0.1, -0.05) is 12.1 Å². The maximum absolute atomic E-state index is 5.97. The summed E-state index contributed by atoms with van der Waals surface area (Å²) >= 11 is 0. The maximum atomic E-state index is 5.97. The Hall–Kier alpha value is -1.49. The number of methoxy groups -OCH3 is 1. The van der Waals surface area contributed by atoms with Gasteiger partial charge in [0.2, 0.25) is 0 Å². The number of likely N-dealkylation sites (N-methyl/N-ethyl adjacent to an activating group) is 1. The standard InChI is InChI=1S/C16H23N3O/c1-19(9-4-10-20-2)16(12-17)14-6-7-15-13(11-14)5-3-8-18-15/h3,5-8,11,16H,4,9-10,12,17H2,1-2H3. The Morgan fingerprint density at radius 2 is 2.20 bits per heavy atom. The average molecular weight is 273 g/mol. The zero-order valence-corrected chi connectivity index (χ0v) is 12.2. The van der Waals surface area contributed by atoms with E-state index in [0.29, 0.717) is 6.54 Å². The number of hydrogen-bond donors (Lipinski definition) is 1. The zero-order chi connectivity index (χ0) is 14.4. The van der Waals surface area contributed by atoms with Crippen molar-refractivity contribution in [2.45, 2.75) is 12.5 Å².